The summed E-state index contributed by atoms with van der Waals surface area (Å²) in [6.07, 6.45) is 5.79. The third kappa shape index (κ3) is 2.57. The number of aryl methyl sites for hydroxylation is 1. The SMILES string of the molecule is CC(C)(C)c1nc2c(c(NN)n1)CCCCC2. The van der Waals surface area contributed by atoms with Crippen molar-refractivity contribution in [1.29, 1.82) is 0 Å². The average molecular weight is 234 g/mol. The van der Waals surface area contributed by atoms with Gasteiger partial charge in [-0.25, -0.2) is 15.8 Å². The van der Waals surface area contributed by atoms with Crippen LogP contribution in [0.4, 0.5) is 5.82 Å². The molecular weight excluding hydrogens is 212 g/mol. The number of nitrogens with zero attached hydrogens (tertiary/aromatic N) is 2. The zero-order valence-electron chi connectivity index (χ0n) is 11.0. The van der Waals surface area contributed by atoms with Crippen LogP contribution in [0.5, 0.6) is 0 Å². The van der Waals surface area contributed by atoms with Crippen LogP contribution in [-0.4, -0.2) is 9.97 Å². The van der Waals surface area contributed by atoms with Gasteiger partial charge in [-0.3, -0.25) is 0 Å². The van der Waals surface area contributed by atoms with Crippen LogP contribution in [0.3, 0.4) is 0 Å². The molecule has 94 valence electrons. The third-order valence-corrected chi connectivity index (χ3v) is 3.24. The van der Waals surface area contributed by atoms with Gasteiger partial charge in [0.05, 0.1) is 0 Å². The molecule has 2 rings (SSSR count). The molecule has 0 aliphatic heterocycles. The van der Waals surface area contributed by atoms with Crippen molar-refractivity contribution in [3.63, 3.8) is 0 Å². The van der Waals surface area contributed by atoms with Crippen molar-refractivity contribution in [1.82, 2.24) is 9.97 Å². The second-order valence-electron chi connectivity index (χ2n) is 5.78. The van der Waals surface area contributed by atoms with E-state index in [4.69, 9.17) is 10.8 Å². The number of hydrazine groups is 1. The van der Waals surface area contributed by atoms with Gasteiger partial charge in [0.25, 0.3) is 0 Å². The molecule has 0 amide bonds. The fourth-order valence-electron chi connectivity index (χ4n) is 2.23. The lowest BCUT2D eigenvalue weighted by Gasteiger charge is -2.20. The molecule has 1 aliphatic carbocycles. The fourth-order valence-corrected chi connectivity index (χ4v) is 2.23. The maximum Gasteiger partial charge on any atom is 0.147 e. The Bertz CT molecular complexity index is 407. The summed E-state index contributed by atoms with van der Waals surface area (Å²) >= 11 is 0. The summed E-state index contributed by atoms with van der Waals surface area (Å²) in [5.41, 5.74) is 5.12. The van der Waals surface area contributed by atoms with Crippen molar-refractivity contribution in [3.05, 3.63) is 17.1 Å². The molecule has 3 N–H and O–H groups in total. The number of hydrogen-bond acceptors (Lipinski definition) is 4. The minimum atomic E-state index is -0.0348. The summed E-state index contributed by atoms with van der Waals surface area (Å²) in [5.74, 6) is 7.30. The van der Waals surface area contributed by atoms with E-state index in [0.717, 1.165) is 24.5 Å². The molecule has 1 aliphatic rings. The van der Waals surface area contributed by atoms with E-state index in [9.17, 15) is 0 Å². The van der Waals surface area contributed by atoms with Gasteiger partial charge in [0.1, 0.15) is 11.6 Å². The molecule has 0 spiro atoms. The van der Waals surface area contributed by atoms with Crippen LogP contribution in [-0.2, 0) is 18.3 Å². The maximum atomic E-state index is 5.60. The Morgan fingerprint density at radius 2 is 1.76 bits per heavy atom. The van der Waals surface area contributed by atoms with Crippen LogP contribution in [0.2, 0.25) is 0 Å². The Hall–Kier alpha value is -1.16. The minimum Gasteiger partial charge on any atom is -0.308 e. The molecule has 1 aromatic rings. The van der Waals surface area contributed by atoms with E-state index in [2.05, 4.69) is 31.2 Å². The first-order chi connectivity index (χ1) is 8.02. The summed E-state index contributed by atoms with van der Waals surface area (Å²) in [6.45, 7) is 6.39. The van der Waals surface area contributed by atoms with E-state index in [0.29, 0.717) is 0 Å². The van der Waals surface area contributed by atoms with E-state index in [1.54, 1.807) is 0 Å². The largest absolute Gasteiger partial charge is 0.308 e. The number of fused-ring (bicyclic) bond motifs is 1. The van der Waals surface area contributed by atoms with Gasteiger partial charge in [-0.05, 0) is 25.7 Å². The highest BCUT2D eigenvalue weighted by Gasteiger charge is 2.22. The molecule has 0 bridgehead atoms. The van der Waals surface area contributed by atoms with Gasteiger partial charge in [0.15, 0.2) is 0 Å². The quantitative estimate of drug-likeness (QED) is 0.445. The predicted octanol–water partition coefficient (Wildman–Crippen LogP) is 2.33. The van der Waals surface area contributed by atoms with Crippen molar-refractivity contribution in [2.75, 3.05) is 5.43 Å². The number of nitrogens with one attached hydrogen (secondary N) is 1. The van der Waals surface area contributed by atoms with Crippen molar-refractivity contribution >= 4 is 5.82 Å². The summed E-state index contributed by atoms with van der Waals surface area (Å²) in [4.78, 5) is 9.32. The summed E-state index contributed by atoms with van der Waals surface area (Å²) < 4.78 is 0. The average Bonchev–Trinajstić information content (AvgIpc) is 2.51. The highest BCUT2D eigenvalue weighted by atomic mass is 15.3. The van der Waals surface area contributed by atoms with Crippen LogP contribution in [0, 0.1) is 0 Å². The molecule has 0 fully saturated rings. The highest BCUT2D eigenvalue weighted by molar-refractivity contribution is 5.47. The first-order valence-corrected chi connectivity index (χ1v) is 6.39. The molecule has 0 saturated heterocycles. The van der Waals surface area contributed by atoms with Crippen LogP contribution in [0.15, 0.2) is 0 Å². The molecule has 0 atom stereocenters. The number of rotatable bonds is 1. The summed E-state index contributed by atoms with van der Waals surface area (Å²) in [5, 5.41) is 0. The highest BCUT2D eigenvalue weighted by Crippen LogP contribution is 2.27. The van der Waals surface area contributed by atoms with E-state index < -0.39 is 0 Å². The molecule has 1 aromatic heterocycles. The Balaban J connectivity index is 2.51. The molecule has 0 radical (unpaired) electrons. The van der Waals surface area contributed by atoms with Crippen LogP contribution in [0.25, 0.3) is 0 Å². The molecule has 1 heterocycles. The Morgan fingerprint density at radius 1 is 1.06 bits per heavy atom. The Kier molecular flexibility index (Phi) is 3.33. The van der Waals surface area contributed by atoms with Gasteiger partial charge in [-0.2, -0.15) is 0 Å². The smallest absolute Gasteiger partial charge is 0.147 e. The molecule has 0 unspecified atom stereocenters. The first-order valence-electron chi connectivity index (χ1n) is 6.39. The molecule has 17 heavy (non-hydrogen) atoms. The molecule has 0 aromatic carbocycles. The van der Waals surface area contributed by atoms with E-state index in [-0.39, 0.29) is 5.41 Å². The third-order valence-electron chi connectivity index (χ3n) is 3.24. The number of hydrogen-bond donors (Lipinski definition) is 2. The maximum absolute atomic E-state index is 5.60. The Labute approximate surface area is 103 Å². The van der Waals surface area contributed by atoms with Crippen LogP contribution < -0.4 is 11.3 Å². The molecular formula is C13H22N4. The number of nitrogen functional groups attached to an aromatic ring is 1. The number of nitrogens with two attached hydrogens (primary N) is 1. The van der Waals surface area contributed by atoms with Gasteiger partial charge in [0, 0.05) is 16.7 Å². The number of anilines is 1. The predicted molar refractivity (Wildman–Crippen MR) is 69.8 cm³/mol. The van der Waals surface area contributed by atoms with Crippen molar-refractivity contribution in [2.24, 2.45) is 5.84 Å². The summed E-state index contributed by atoms with van der Waals surface area (Å²) in [7, 11) is 0. The Morgan fingerprint density at radius 3 is 2.41 bits per heavy atom. The van der Waals surface area contributed by atoms with Gasteiger partial charge >= 0.3 is 0 Å². The van der Waals surface area contributed by atoms with Gasteiger partial charge < -0.3 is 5.43 Å². The van der Waals surface area contributed by atoms with Crippen molar-refractivity contribution in [2.45, 2.75) is 58.3 Å². The fraction of sp³-hybridized carbons (Fsp3) is 0.692. The van der Waals surface area contributed by atoms with Gasteiger partial charge in [-0.1, -0.05) is 27.2 Å². The van der Waals surface area contributed by atoms with Crippen molar-refractivity contribution in [3.8, 4) is 0 Å². The van der Waals surface area contributed by atoms with Gasteiger partial charge in [-0.15, -0.1) is 0 Å². The second kappa shape index (κ2) is 4.61. The lowest BCUT2D eigenvalue weighted by molar-refractivity contribution is 0.540. The molecule has 4 heteroatoms. The standard InChI is InChI=1S/C13H22N4/c1-13(2,3)12-15-10-8-6-4-5-7-9(10)11(16-12)17-14/h4-8,14H2,1-3H3,(H,15,16,17). The summed E-state index contributed by atoms with van der Waals surface area (Å²) in [6, 6.07) is 0. The van der Waals surface area contributed by atoms with E-state index in [1.165, 1.54) is 30.5 Å². The normalized spacial score (nSPS) is 16.2. The second-order valence-corrected chi connectivity index (χ2v) is 5.78. The lowest BCUT2D eigenvalue weighted by atomic mass is 9.95. The van der Waals surface area contributed by atoms with E-state index >= 15 is 0 Å². The minimum absolute atomic E-state index is 0.0348. The van der Waals surface area contributed by atoms with Crippen LogP contribution >= 0.6 is 0 Å². The monoisotopic (exact) mass is 234 g/mol. The van der Waals surface area contributed by atoms with Gasteiger partial charge in [0.2, 0.25) is 0 Å². The molecule has 4 nitrogen and oxygen atoms in total. The number of aromatic nitrogens is 2. The lowest BCUT2D eigenvalue weighted by Crippen LogP contribution is -2.21. The topological polar surface area (TPSA) is 63.8 Å². The zero-order valence-corrected chi connectivity index (χ0v) is 11.0. The van der Waals surface area contributed by atoms with Crippen molar-refractivity contribution < 1.29 is 0 Å². The van der Waals surface area contributed by atoms with E-state index in [1.807, 2.05) is 0 Å². The zero-order chi connectivity index (χ0) is 12.5. The molecule has 0 saturated carbocycles. The first kappa shape index (κ1) is 12.3. The van der Waals surface area contributed by atoms with Crippen LogP contribution in [0.1, 0.15) is 57.1 Å².